The number of hydrogen-bond donors (Lipinski definition) is 1. The highest BCUT2D eigenvalue weighted by molar-refractivity contribution is 5.88. The van der Waals surface area contributed by atoms with Crippen LogP contribution in [0.15, 0.2) is 24.3 Å². The van der Waals surface area contributed by atoms with Crippen molar-refractivity contribution in [1.29, 1.82) is 0 Å². The summed E-state index contributed by atoms with van der Waals surface area (Å²) in [7, 11) is 0. The van der Waals surface area contributed by atoms with Gasteiger partial charge in [0.1, 0.15) is 5.75 Å². The molecule has 0 heterocycles. The molecule has 5 nitrogen and oxygen atoms in total. The molecular weight excluding hydrogens is 363 g/mol. The van der Waals surface area contributed by atoms with Crippen molar-refractivity contribution in [2.75, 3.05) is 19.7 Å². The second-order valence-corrected chi connectivity index (χ2v) is 6.54. The van der Waals surface area contributed by atoms with Gasteiger partial charge in [0.15, 0.2) is 0 Å². The second kappa shape index (κ2) is 11.6. The van der Waals surface area contributed by atoms with E-state index >= 15 is 0 Å². The molecule has 0 aliphatic rings. The number of carbonyl (C=O) groups excluding carboxylic acids is 2. The van der Waals surface area contributed by atoms with Gasteiger partial charge in [-0.15, -0.1) is 0 Å². The Balaban J connectivity index is 2.22. The van der Waals surface area contributed by atoms with Crippen LogP contribution in [0.4, 0.5) is 13.2 Å². The van der Waals surface area contributed by atoms with E-state index in [0.717, 1.165) is 24.2 Å². The minimum atomic E-state index is -5.16. The number of ether oxygens (including phenoxy) is 2. The first-order chi connectivity index (χ1) is 12.7. The topological polar surface area (TPSA) is 64.6 Å². The number of benzene rings is 1. The summed E-state index contributed by atoms with van der Waals surface area (Å²) in [5, 5.41) is 2.93. The maximum atomic E-state index is 12.0. The third-order valence-corrected chi connectivity index (χ3v) is 3.63. The van der Waals surface area contributed by atoms with E-state index in [1.54, 1.807) is 0 Å². The molecular formula is C19H26F3NO4. The van der Waals surface area contributed by atoms with Crippen molar-refractivity contribution >= 4 is 11.9 Å². The Morgan fingerprint density at radius 1 is 1.19 bits per heavy atom. The van der Waals surface area contributed by atoms with Gasteiger partial charge in [-0.2, -0.15) is 13.2 Å². The van der Waals surface area contributed by atoms with Crippen molar-refractivity contribution in [2.24, 2.45) is 5.92 Å². The molecule has 0 radical (unpaired) electrons. The lowest BCUT2D eigenvalue weighted by Gasteiger charge is -2.10. The summed E-state index contributed by atoms with van der Waals surface area (Å²) < 4.78 is 45.3. The third-order valence-electron chi connectivity index (χ3n) is 3.63. The molecule has 0 aliphatic carbocycles. The molecule has 1 aromatic carbocycles. The van der Waals surface area contributed by atoms with Crippen molar-refractivity contribution in [3.63, 3.8) is 0 Å². The zero-order valence-corrected chi connectivity index (χ0v) is 15.6. The van der Waals surface area contributed by atoms with Gasteiger partial charge in [-0.05, 0) is 49.4 Å². The lowest BCUT2D eigenvalue weighted by molar-refractivity contribution is -0.201. The van der Waals surface area contributed by atoms with E-state index in [9.17, 15) is 22.8 Å². The monoisotopic (exact) mass is 389 g/mol. The van der Waals surface area contributed by atoms with Crippen LogP contribution in [0.2, 0.25) is 0 Å². The van der Waals surface area contributed by atoms with Crippen LogP contribution in [0.5, 0.6) is 5.75 Å². The molecule has 1 aromatic rings. The number of carbonyl (C=O) groups is 2. The van der Waals surface area contributed by atoms with E-state index < -0.39 is 18.1 Å². The minimum absolute atomic E-state index is 0.120. The van der Waals surface area contributed by atoms with Gasteiger partial charge >= 0.3 is 18.1 Å². The summed E-state index contributed by atoms with van der Waals surface area (Å²) in [6.07, 6.45) is -2.71. The van der Waals surface area contributed by atoms with Crippen molar-refractivity contribution < 1.29 is 32.2 Å². The van der Waals surface area contributed by atoms with Crippen molar-refractivity contribution in [3.8, 4) is 5.75 Å². The Bertz CT molecular complexity index is 603. The number of halogens is 3. The Morgan fingerprint density at radius 2 is 1.93 bits per heavy atom. The summed E-state index contributed by atoms with van der Waals surface area (Å²) in [6.45, 7) is 5.65. The maximum absolute atomic E-state index is 12.0. The van der Waals surface area contributed by atoms with Gasteiger partial charge in [0, 0.05) is 6.54 Å². The van der Waals surface area contributed by atoms with Gasteiger partial charge in [0.05, 0.1) is 13.0 Å². The Hall–Kier alpha value is -2.09. The molecule has 152 valence electrons. The zero-order valence-electron chi connectivity index (χ0n) is 15.6. The molecule has 0 fully saturated rings. The summed E-state index contributed by atoms with van der Waals surface area (Å²) in [4.78, 5) is 21.7. The first-order valence-electron chi connectivity index (χ1n) is 8.92. The van der Waals surface area contributed by atoms with E-state index in [1.165, 1.54) is 0 Å². The molecule has 0 bridgehead atoms. The first kappa shape index (κ1) is 23.0. The normalized spacial score (nSPS) is 11.5. The van der Waals surface area contributed by atoms with Gasteiger partial charge in [-0.3, -0.25) is 4.79 Å². The van der Waals surface area contributed by atoms with Crippen LogP contribution in [-0.2, 0) is 20.7 Å². The highest BCUT2D eigenvalue weighted by Crippen LogP contribution is 2.17. The number of alkyl halides is 3. The van der Waals surface area contributed by atoms with E-state index in [2.05, 4.69) is 23.9 Å². The second-order valence-electron chi connectivity index (χ2n) is 6.54. The smallest absolute Gasteiger partial charge is 0.491 e. The van der Waals surface area contributed by atoms with Gasteiger partial charge in [-0.25, -0.2) is 4.79 Å². The molecule has 0 saturated heterocycles. The predicted octanol–water partition coefficient (Wildman–Crippen LogP) is 3.66. The standard InChI is InChI=1S/C19H26F3NO4/c1-14(2)5-4-12-26-16-7-3-6-15(13-16)8-10-23-11-9-17(24)27-18(25)19(20,21)22/h3,6-7,13-14,23H,4-5,8-12H2,1-2H3. The molecule has 1 rings (SSSR count). The van der Waals surface area contributed by atoms with Crippen LogP contribution in [0.1, 0.15) is 38.7 Å². The Kier molecular flexibility index (Phi) is 9.85. The fourth-order valence-electron chi connectivity index (χ4n) is 2.23. The average Bonchev–Trinajstić information content (AvgIpc) is 2.58. The maximum Gasteiger partial charge on any atom is 0.491 e. The Morgan fingerprint density at radius 3 is 2.59 bits per heavy atom. The van der Waals surface area contributed by atoms with Crippen LogP contribution in [0.25, 0.3) is 0 Å². The predicted molar refractivity (Wildman–Crippen MR) is 94.4 cm³/mol. The largest absolute Gasteiger partial charge is 0.494 e. The lowest BCUT2D eigenvalue weighted by atomic mass is 10.1. The highest BCUT2D eigenvalue weighted by atomic mass is 19.4. The molecule has 0 amide bonds. The fraction of sp³-hybridized carbons (Fsp3) is 0.579. The molecule has 27 heavy (non-hydrogen) atoms. The van der Waals surface area contributed by atoms with E-state index in [4.69, 9.17) is 4.74 Å². The van der Waals surface area contributed by atoms with E-state index in [1.807, 2.05) is 24.3 Å². The molecule has 0 spiro atoms. The van der Waals surface area contributed by atoms with Gasteiger partial charge in [0.2, 0.25) is 0 Å². The van der Waals surface area contributed by atoms with Gasteiger partial charge in [0.25, 0.3) is 0 Å². The number of rotatable bonds is 11. The average molecular weight is 389 g/mol. The van der Waals surface area contributed by atoms with Crippen LogP contribution in [0.3, 0.4) is 0 Å². The zero-order chi connectivity index (χ0) is 20.3. The highest BCUT2D eigenvalue weighted by Gasteiger charge is 2.42. The number of hydrogen-bond acceptors (Lipinski definition) is 5. The SMILES string of the molecule is CC(C)CCCOc1cccc(CCNCCC(=O)OC(=O)C(F)(F)F)c1. The summed E-state index contributed by atoms with van der Waals surface area (Å²) in [5.74, 6) is -2.25. The van der Waals surface area contributed by atoms with Gasteiger partial charge in [-0.1, -0.05) is 26.0 Å². The van der Waals surface area contributed by atoms with Crippen LogP contribution >= 0.6 is 0 Å². The summed E-state index contributed by atoms with van der Waals surface area (Å²) >= 11 is 0. The summed E-state index contributed by atoms with van der Waals surface area (Å²) in [5.41, 5.74) is 1.04. The van der Waals surface area contributed by atoms with E-state index in [-0.39, 0.29) is 13.0 Å². The van der Waals surface area contributed by atoms with Crippen molar-refractivity contribution in [2.45, 2.75) is 45.7 Å². The minimum Gasteiger partial charge on any atom is -0.494 e. The molecule has 0 aromatic heterocycles. The van der Waals surface area contributed by atoms with Gasteiger partial charge < -0.3 is 14.8 Å². The molecule has 0 saturated carbocycles. The first-order valence-corrected chi connectivity index (χ1v) is 8.92. The molecule has 0 atom stereocenters. The molecule has 0 aliphatic heterocycles. The van der Waals surface area contributed by atoms with Crippen LogP contribution in [0, 0.1) is 5.92 Å². The van der Waals surface area contributed by atoms with Crippen LogP contribution < -0.4 is 10.1 Å². The van der Waals surface area contributed by atoms with Crippen LogP contribution in [-0.4, -0.2) is 37.8 Å². The summed E-state index contributed by atoms with van der Waals surface area (Å²) in [6, 6.07) is 7.67. The lowest BCUT2D eigenvalue weighted by Crippen LogP contribution is -2.29. The van der Waals surface area contributed by atoms with Crippen molar-refractivity contribution in [1.82, 2.24) is 5.32 Å². The van der Waals surface area contributed by atoms with E-state index in [0.29, 0.717) is 25.5 Å². The molecule has 8 heteroatoms. The fourth-order valence-corrected chi connectivity index (χ4v) is 2.23. The quantitative estimate of drug-likeness (QED) is 0.356. The number of nitrogens with one attached hydrogen (secondary N) is 1. The number of esters is 2. The van der Waals surface area contributed by atoms with Crippen molar-refractivity contribution in [3.05, 3.63) is 29.8 Å². The Labute approximate surface area is 157 Å². The molecule has 1 N–H and O–H groups in total. The molecule has 0 unspecified atom stereocenters. The third kappa shape index (κ3) is 10.6.